The van der Waals surface area contributed by atoms with Crippen LogP contribution in [0.15, 0.2) is 30.3 Å². The molecular formula is C27H38SiZr+. The van der Waals surface area contributed by atoms with Gasteiger partial charge in [0.15, 0.2) is 0 Å². The van der Waals surface area contributed by atoms with Gasteiger partial charge < -0.3 is 0 Å². The molecule has 0 saturated heterocycles. The topological polar surface area (TPSA) is 0 Å². The fraction of sp³-hybridized carbons (Fsp3) is 0.481. The molecule has 153 valence electrons. The molecule has 0 saturated carbocycles. The summed E-state index contributed by atoms with van der Waals surface area (Å²) >= 11 is 0. The first-order valence-corrected chi connectivity index (χ1v) is 12.8. The van der Waals surface area contributed by atoms with Crippen LogP contribution in [0.3, 0.4) is 0 Å². The van der Waals surface area contributed by atoms with E-state index in [4.69, 9.17) is 0 Å². The van der Waals surface area contributed by atoms with E-state index >= 15 is 0 Å². The minimum absolute atomic E-state index is 0. The van der Waals surface area contributed by atoms with E-state index in [9.17, 15) is 0 Å². The van der Waals surface area contributed by atoms with E-state index in [-0.39, 0.29) is 26.2 Å². The molecule has 0 fully saturated rings. The molecular weight excluding hydrogens is 444 g/mol. The van der Waals surface area contributed by atoms with Gasteiger partial charge >= 0.3 is 26.2 Å². The van der Waals surface area contributed by atoms with Crippen molar-refractivity contribution in [1.29, 1.82) is 0 Å². The van der Waals surface area contributed by atoms with Crippen molar-refractivity contribution in [1.82, 2.24) is 0 Å². The Balaban J connectivity index is 0.000000277. The molecule has 29 heavy (non-hydrogen) atoms. The first-order valence-electron chi connectivity index (χ1n) is 10.8. The van der Waals surface area contributed by atoms with Crippen LogP contribution in [0.1, 0.15) is 59.2 Å². The molecule has 0 amide bonds. The normalized spacial score (nSPS) is 12.0. The van der Waals surface area contributed by atoms with Gasteiger partial charge in [0.1, 0.15) is 0 Å². The van der Waals surface area contributed by atoms with Crippen LogP contribution in [-0.4, -0.2) is 9.52 Å². The molecule has 2 heteroatoms. The first kappa shape index (κ1) is 26.3. The third-order valence-corrected chi connectivity index (χ3v) is 5.88. The van der Waals surface area contributed by atoms with Crippen molar-refractivity contribution in [3.63, 3.8) is 0 Å². The molecule has 1 aliphatic rings. The largest absolute Gasteiger partial charge is 3.00 e. The Morgan fingerprint density at radius 3 is 1.90 bits per heavy atom. The van der Waals surface area contributed by atoms with Crippen LogP contribution in [0.25, 0.3) is 10.8 Å². The van der Waals surface area contributed by atoms with Gasteiger partial charge in [-0.15, -0.1) is 35.0 Å². The average Bonchev–Trinajstić information content (AvgIpc) is 3.30. The molecule has 3 radical (unpaired) electrons. The van der Waals surface area contributed by atoms with Crippen molar-refractivity contribution in [2.45, 2.75) is 80.3 Å². The fourth-order valence-electron chi connectivity index (χ4n) is 4.09. The molecule has 3 aromatic rings. The number of hydrogen-bond acceptors (Lipinski definition) is 0. The van der Waals surface area contributed by atoms with Gasteiger partial charge in [0.25, 0.3) is 0 Å². The van der Waals surface area contributed by atoms with Crippen LogP contribution >= 0.6 is 0 Å². The van der Waals surface area contributed by atoms with Crippen molar-refractivity contribution < 1.29 is 26.2 Å². The van der Waals surface area contributed by atoms with Crippen LogP contribution in [0, 0.1) is 33.6 Å². The van der Waals surface area contributed by atoms with Crippen LogP contribution < -0.4 is 0 Å². The zero-order valence-electron chi connectivity index (χ0n) is 19.8. The van der Waals surface area contributed by atoms with E-state index in [1.807, 2.05) is 0 Å². The summed E-state index contributed by atoms with van der Waals surface area (Å²) in [6.07, 6.45) is 5.14. The van der Waals surface area contributed by atoms with Gasteiger partial charge in [-0.05, 0) is 19.3 Å². The van der Waals surface area contributed by atoms with Gasteiger partial charge in [0.05, 0.1) is 0 Å². The average molecular weight is 482 g/mol. The van der Waals surface area contributed by atoms with Gasteiger partial charge in [0, 0.05) is 9.52 Å². The van der Waals surface area contributed by atoms with E-state index in [0.717, 1.165) is 15.4 Å². The Hall–Kier alpha value is -0.720. The molecule has 0 unspecified atom stereocenters. The van der Waals surface area contributed by atoms with E-state index in [1.165, 1.54) is 58.7 Å². The Kier molecular flexibility index (Phi) is 11.1. The van der Waals surface area contributed by atoms with Crippen LogP contribution in [0.5, 0.6) is 0 Å². The van der Waals surface area contributed by atoms with E-state index in [2.05, 4.69) is 85.0 Å². The third kappa shape index (κ3) is 6.90. The van der Waals surface area contributed by atoms with E-state index in [1.54, 1.807) is 16.7 Å². The van der Waals surface area contributed by atoms with E-state index < -0.39 is 0 Å². The maximum atomic E-state index is 2.45. The quantitative estimate of drug-likeness (QED) is 0.260. The fourth-order valence-corrected chi connectivity index (χ4v) is 4.09. The molecule has 1 aliphatic carbocycles. The van der Waals surface area contributed by atoms with Crippen LogP contribution in [-0.2, 0) is 45.5 Å². The van der Waals surface area contributed by atoms with Crippen molar-refractivity contribution in [2.24, 2.45) is 5.92 Å². The molecule has 0 spiro atoms. The molecule has 0 aromatic heterocycles. The monoisotopic (exact) mass is 480 g/mol. The summed E-state index contributed by atoms with van der Waals surface area (Å²) in [6.45, 7) is 17.6. The zero-order valence-corrected chi connectivity index (χ0v) is 23.3. The van der Waals surface area contributed by atoms with Gasteiger partial charge in [0.2, 0.25) is 0 Å². The molecule has 0 bridgehead atoms. The molecule has 0 nitrogen and oxygen atoms in total. The van der Waals surface area contributed by atoms with Crippen molar-refractivity contribution in [3.8, 4) is 0 Å². The Morgan fingerprint density at radius 2 is 1.45 bits per heavy atom. The Bertz CT molecular complexity index is 873. The maximum Gasteiger partial charge on any atom is 3.00 e. The summed E-state index contributed by atoms with van der Waals surface area (Å²) in [4.78, 5) is 0. The van der Waals surface area contributed by atoms with Crippen LogP contribution in [0.2, 0.25) is 13.1 Å². The summed E-state index contributed by atoms with van der Waals surface area (Å²) in [5.41, 5.74) is 10.5. The number of aryl methyl sites for hydroxylation is 4. The second-order valence-electron chi connectivity index (χ2n) is 8.78. The van der Waals surface area contributed by atoms with Gasteiger partial charge in [-0.2, -0.15) is 33.9 Å². The van der Waals surface area contributed by atoms with Gasteiger partial charge in [-0.25, -0.2) is 0 Å². The predicted octanol–water partition coefficient (Wildman–Crippen LogP) is 7.67. The first-order chi connectivity index (χ1) is 13.3. The second kappa shape index (κ2) is 12.2. The third-order valence-electron chi connectivity index (χ3n) is 5.88. The van der Waals surface area contributed by atoms with Gasteiger partial charge in [-0.1, -0.05) is 78.1 Å². The molecule has 4 rings (SSSR count). The number of rotatable bonds is 2. The summed E-state index contributed by atoms with van der Waals surface area (Å²) in [7, 11) is 1.08. The predicted molar refractivity (Wildman–Crippen MR) is 129 cm³/mol. The summed E-state index contributed by atoms with van der Waals surface area (Å²) in [5.74, 6) is 0.749. The van der Waals surface area contributed by atoms with Crippen molar-refractivity contribution in [3.05, 3.63) is 69.3 Å². The van der Waals surface area contributed by atoms with Crippen molar-refractivity contribution in [2.75, 3.05) is 0 Å². The number of hydrogen-bond donors (Lipinski definition) is 0. The summed E-state index contributed by atoms with van der Waals surface area (Å²) in [5, 5.41) is 2.96. The number of benzene rings is 1. The molecule has 0 N–H and O–H groups in total. The molecule has 0 atom stereocenters. The SMILES string of the molecule is CC(C)Cc1c[cH-]c2cc3c(cc12)CCC3.C[Si]C.Cc1[cH-]c(C)c(C)c1C.[Zr+3]. The standard InChI is InChI=1S/C16H19.C9H13.C2H6Si.Zr/c1-11(2)8-14-6-7-15-9-12-4-3-5-13(12)10-16(14)15;1-6-5-7(2)9(4)8(6)3;1-3-2;/h6-7,9-11H,3-5,8H2,1-2H3;5H,1-4H3;1-2H3;/q2*-1;;+3. The Labute approximate surface area is 201 Å². The number of fused-ring (bicyclic) bond motifs is 2. The van der Waals surface area contributed by atoms with Crippen molar-refractivity contribution >= 4 is 20.3 Å². The maximum absolute atomic E-state index is 2.45. The minimum atomic E-state index is 0. The summed E-state index contributed by atoms with van der Waals surface area (Å²) < 4.78 is 0. The summed E-state index contributed by atoms with van der Waals surface area (Å²) in [6, 6.07) is 11.7. The molecule has 0 aliphatic heterocycles. The molecule has 3 aromatic carbocycles. The van der Waals surface area contributed by atoms with Crippen LogP contribution in [0.4, 0.5) is 0 Å². The minimum Gasteiger partial charge on any atom is -0.196 e. The second-order valence-corrected chi connectivity index (χ2v) is 9.78. The zero-order chi connectivity index (χ0) is 20.8. The van der Waals surface area contributed by atoms with Gasteiger partial charge in [-0.3, -0.25) is 0 Å². The molecule has 0 heterocycles. The van der Waals surface area contributed by atoms with E-state index in [0.29, 0.717) is 0 Å². The smallest absolute Gasteiger partial charge is 0.196 e. The Morgan fingerprint density at radius 1 is 0.931 bits per heavy atom.